The Bertz CT molecular complexity index is 587. The van der Waals surface area contributed by atoms with Gasteiger partial charge in [-0.05, 0) is 25.0 Å². The summed E-state index contributed by atoms with van der Waals surface area (Å²) in [5, 5.41) is 2.22. The minimum absolute atomic E-state index is 0.0438. The zero-order valence-corrected chi connectivity index (χ0v) is 13.1. The van der Waals surface area contributed by atoms with E-state index in [1.807, 2.05) is 0 Å². The molecule has 130 valence electrons. The number of unbranched alkanes of at least 4 members (excludes halogenated alkanes) is 1. The van der Waals surface area contributed by atoms with Crippen molar-refractivity contribution in [3.8, 4) is 5.75 Å². The van der Waals surface area contributed by atoms with E-state index in [-0.39, 0.29) is 24.3 Å². The van der Waals surface area contributed by atoms with E-state index in [2.05, 4.69) is 10.2 Å². The summed E-state index contributed by atoms with van der Waals surface area (Å²) < 4.78 is 14.4. The van der Waals surface area contributed by atoms with Crippen LogP contribution in [0.15, 0.2) is 29.6 Å². The van der Waals surface area contributed by atoms with Crippen molar-refractivity contribution in [3.05, 3.63) is 34.7 Å². The van der Waals surface area contributed by atoms with Crippen LogP contribution in [0.4, 0.5) is 0 Å². The molecule has 9 nitrogen and oxygen atoms in total. The van der Waals surface area contributed by atoms with E-state index in [1.54, 1.807) is 12.1 Å². The third-order valence-electron chi connectivity index (χ3n) is 2.69. The molecule has 0 heterocycles. The molecule has 0 amide bonds. The molecule has 1 rings (SSSR count). The predicted molar refractivity (Wildman–Crippen MR) is 79.7 cm³/mol. The van der Waals surface area contributed by atoms with Crippen LogP contribution in [0.25, 0.3) is 0 Å². The lowest BCUT2D eigenvalue weighted by Gasteiger charge is -2.09. The van der Waals surface area contributed by atoms with E-state index < -0.39 is 24.7 Å². The summed E-state index contributed by atoms with van der Waals surface area (Å²) in [5.74, 6) is -1.86. The summed E-state index contributed by atoms with van der Waals surface area (Å²) in [6.07, 6.45) is 0.998. The highest BCUT2D eigenvalue weighted by molar-refractivity contribution is 5.93. The number of benzene rings is 1. The van der Waals surface area contributed by atoms with Gasteiger partial charge in [0.1, 0.15) is 17.9 Å². The summed E-state index contributed by atoms with van der Waals surface area (Å²) in [6.45, 7) is 0.775. The van der Waals surface area contributed by atoms with Crippen LogP contribution in [0, 0.1) is 4.91 Å². The molecule has 0 saturated heterocycles. The normalized spacial score (nSPS) is 9.71. The van der Waals surface area contributed by atoms with Crippen molar-refractivity contribution in [2.75, 3.05) is 13.4 Å². The summed E-state index contributed by atoms with van der Waals surface area (Å²) in [4.78, 5) is 48.2. The van der Waals surface area contributed by atoms with E-state index >= 15 is 0 Å². The lowest BCUT2D eigenvalue weighted by atomic mass is 10.2. The molecule has 24 heavy (non-hydrogen) atoms. The maximum absolute atomic E-state index is 11.9. The minimum Gasteiger partial charge on any atom is -0.428 e. The fraction of sp³-hybridized carbons (Fsp3) is 0.400. The molecule has 0 saturated carbocycles. The highest BCUT2D eigenvalue weighted by Crippen LogP contribution is 2.19. The van der Waals surface area contributed by atoms with E-state index in [1.165, 1.54) is 19.1 Å². The van der Waals surface area contributed by atoms with Crippen molar-refractivity contribution in [1.82, 2.24) is 0 Å². The largest absolute Gasteiger partial charge is 0.428 e. The smallest absolute Gasteiger partial charge is 0.344 e. The summed E-state index contributed by atoms with van der Waals surface area (Å²) in [5.41, 5.74) is 0.0438. The number of ether oxygens (including phenoxy) is 3. The van der Waals surface area contributed by atoms with Gasteiger partial charge in [-0.2, -0.15) is 0 Å². The zero-order chi connectivity index (χ0) is 17.8. The highest BCUT2D eigenvalue weighted by Gasteiger charge is 2.15. The fourth-order valence-electron chi connectivity index (χ4n) is 1.65. The van der Waals surface area contributed by atoms with Crippen molar-refractivity contribution in [3.63, 3.8) is 0 Å². The Kier molecular flexibility index (Phi) is 8.51. The van der Waals surface area contributed by atoms with Crippen LogP contribution in [-0.4, -0.2) is 31.3 Å². The van der Waals surface area contributed by atoms with Gasteiger partial charge in [0.2, 0.25) is 6.79 Å². The van der Waals surface area contributed by atoms with Crippen molar-refractivity contribution in [2.45, 2.75) is 26.2 Å². The van der Waals surface area contributed by atoms with Gasteiger partial charge in [-0.25, -0.2) is 4.79 Å². The molecular formula is C15H17NO8. The van der Waals surface area contributed by atoms with Gasteiger partial charge >= 0.3 is 17.9 Å². The van der Waals surface area contributed by atoms with Gasteiger partial charge in [0.05, 0.1) is 0 Å². The molecule has 0 aliphatic rings. The van der Waals surface area contributed by atoms with Gasteiger partial charge in [0, 0.05) is 13.3 Å². The van der Waals surface area contributed by atoms with Gasteiger partial charge < -0.3 is 19.0 Å². The first-order valence-corrected chi connectivity index (χ1v) is 7.09. The lowest BCUT2D eigenvalue weighted by Crippen LogP contribution is -2.14. The molecule has 0 atom stereocenters. The quantitative estimate of drug-likeness (QED) is 0.159. The Morgan fingerprint density at radius 2 is 1.83 bits per heavy atom. The van der Waals surface area contributed by atoms with Crippen LogP contribution < -0.4 is 4.74 Å². The Labute approximate surface area is 137 Å². The summed E-state index contributed by atoms with van der Waals surface area (Å²) in [7, 11) is 0. The molecule has 0 aliphatic heterocycles. The highest BCUT2D eigenvalue weighted by atomic mass is 16.7. The van der Waals surface area contributed by atoms with Crippen LogP contribution in [0.3, 0.4) is 0 Å². The third kappa shape index (κ3) is 7.34. The van der Waals surface area contributed by atoms with Gasteiger partial charge in [0.15, 0.2) is 5.34 Å². The summed E-state index contributed by atoms with van der Waals surface area (Å²) in [6, 6.07) is 6.04. The number of hydrogen-bond donors (Lipinski definition) is 0. The third-order valence-corrected chi connectivity index (χ3v) is 2.69. The van der Waals surface area contributed by atoms with E-state index in [0.717, 1.165) is 0 Å². The predicted octanol–water partition coefficient (Wildman–Crippen LogP) is 2.14. The van der Waals surface area contributed by atoms with Crippen molar-refractivity contribution < 1.29 is 33.4 Å². The second kappa shape index (κ2) is 10.7. The molecule has 0 N–H and O–H groups in total. The molecule has 0 unspecified atom stereocenters. The molecule has 0 aromatic heterocycles. The molecule has 0 spiro atoms. The maximum Gasteiger partial charge on any atom is 0.344 e. The lowest BCUT2D eigenvalue weighted by molar-refractivity contribution is -0.152. The Hall–Kier alpha value is -2.97. The van der Waals surface area contributed by atoms with Crippen LogP contribution >= 0.6 is 0 Å². The number of para-hydroxylation sites is 1. The summed E-state index contributed by atoms with van der Waals surface area (Å²) >= 11 is 0. The van der Waals surface area contributed by atoms with Crippen molar-refractivity contribution in [2.24, 2.45) is 5.34 Å². The van der Waals surface area contributed by atoms with Crippen molar-refractivity contribution >= 4 is 17.9 Å². The average molecular weight is 339 g/mol. The van der Waals surface area contributed by atoms with Gasteiger partial charge in [-0.1, -0.05) is 12.1 Å². The van der Waals surface area contributed by atoms with Crippen LogP contribution in [0.5, 0.6) is 5.75 Å². The molecule has 9 heteroatoms. The van der Waals surface area contributed by atoms with Gasteiger partial charge in [0.25, 0.3) is 0 Å². The van der Waals surface area contributed by atoms with Crippen molar-refractivity contribution in [1.29, 1.82) is 0 Å². The molecule has 0 bridgehead atoms. The van der Waals surface area contributed by atoms with E-state index in [0.29, 0.717) is 12.8 Å². The second-order valence-corrected chi connectivity index (χ2v) is 4.52. The average Bonchev–Trinajstić information content (AvgIpc) is 2.54. The number of carbonyl (C=O) groups is 3. The Morgan fingerprint density at radius 1 is 1.08 bits per heavy atom. The minimum atomic E-state index is -0.787. The number of esters is 3. The zero-order valence-electron chi connectivity index (χ0n) is 13.1. The molecule has 0 radical (unpaired) electrons. The Morgan fingerprint density at radius 3 is 2.54 bits per heavy atom. The SMILES string of the molecule is CC(=O)Oc1ccccc1C(=O)OCOC(=O)CCCCON=O. The maximum atomic E-state index is 11.9. The molecular weight excluding hydrogens is 322 g/mol. The van der Waals surface area contributed by atoms with Crippen LogP contribution in [0.1, 0.15) is 36.5 Å². The Balaban J connectivity index is 2.35. The molecule has 0 aliphatic carbocycles. The van der Waals surface area contributed by atoms with Gasteiger partial charge in [-0.15, -0.1) is 4.91 Å². The first-order valence-electron chi connectivity index (χ1n) is 7.09. The standard InChI is InChI=1S/C15H17NO8/c1-11(17)24-13-7-3-2-6-12(13)15(19)22-10-21-14(18)8-4-5-9-23-16-20/h2-3,6-7H,4-5,8-10H2,1H3. The van der Waals surface area contributed by atoms with Crippen LogP contribution in [-0.2, 0) is 23.9 Å². The number of carbonyl (C=O) groups excluding carboxylic acids is 3. The topological polar surface area (TPSA) is 118 Å². The number of hydrogen-bond acceptors (Lipinski definition) is 9. The second-order valence-electron chi connectivity index (χ2n) is 4.52. The van der Waals surface area contributed by atoms with E-state index in [4.69, 9.17) is 14.2 Å². The monoisotopic (exact) mass is 339 g/mol. The molecule has 1 aromatic rings. The van der Waals surface area contributed by atoms with E-state index in [9.17, 15) is 19.3 Å². The fourth-order valence-corrected chi connectivity index (χ4v) is 1.65. The van der Waals surface area contributed by atoms with Crippen LogP contribution in [0.2, 0.25) is 0 Å². The molecule has 1 aromatic carbocycles. The number of rotatable bonds is 10. The first kappa shape index (κ1) is 19.1. The first-order chi connectivity index (χ1) is 11.5. The number of nitrogens with zero attached hydrogens (tertiary/aromatic N) is 1. The molecule has 0 fully saturated rings. The van der Waals surface area contributed by atoms with Gasteiger partial charge in [-0.3, -0.25) is 9.59 Å².